The number of nitrogens with zero attached hydrogens (tertiary/aromatic N) is 1. The van der Waals surface area contributed by atoms with E-state index in [1.807, 2.05) is 0 Å². The van der Waals surface area contributed by atoms with Gasteiger partial charge in [0.2, 0.25) is 0 Å². The van der Waals surface area contributed by atoms with Gasteiger partial charge in [0.1, 0.15) is 0 Å². The highest BCUT2D eigenvalue weighted by atomic mass is 35.5. The zero-order chi connectivity index (χ0) is 20.1. The number of anilines is 1. The molecule has 0 spiro atoms. The Bertz CT molecular complexity index is 678. The first-order chi connectivity index (χ1) is 13.3. The lowest BCUT2D eigenvalue weighted by Crippen LogP contribution is -2.52. The van der Waals surface area contributed by atoms with E-state index in [2.05, 4.69) is 15.5 Å². The van der Waals surface area contributed by atoms with E-state index in [-0.39, 0.29) is 11.7 Å². The van der Waals surface area contributed by atoms with Crippen LogP contribution in [0.2, 0.25) is 5.02 Å². The van der Waals surface area contributed by atoms with E-state index in [0.717, 1.165) is 31.6 Å². The van der Waals surface area contributed by atoms with Gasteiger partial charge in [-0.2, -0.15) is 13.2 Å². The second kappa shape index (κ2) is 9.30. The molecule has 0 bridgehead atoms. The van der Waals surface area contributed by atoms with Crippen molar-refractivity contribution >= 4 is 23.3 Å². The Kier molecular flexibility index (Phi) is 7.03. The van der Waals surface area contributed by atoms with Gasteiger partial charge in [0.15, 0.2) is 0 Å². The number of halogens is 4. The maximum absolute atomic E-state index is 13.0. The molecule has 2 aliphatic heterocycles. The molecule has 2 fully saturated rings. The van der Waals surface area contributed by atoms with Crippen molar-refractivity contribution < 1.29 is 27.4 Å². The molecule has 2 N–H and O–H groups in total. The molecule has 1 aromatic rings. The molecule has 28 heavy (non-hydrogen) atoms. The van der Waals surface area contributed by atoms with Crippen molar-refractivity contribution in [1.29, 1.82) is 0 Å². The first kappa shape index (κ1) is 21.2. The van der Waals surface area contributed by atoms with Gasteiger partial charge < -0.3 is 20.1 Å². The first-order valence-corrected chi connectivity index (χ1v) is 9.53. The van der Waals surface area contributed by atoms with E-state index in [1.54, 1.807) is 0 Å². The van der Waals surface area contributed by atoms with Crippen molar-refractivity contribution in [2.24, 2.45) is 5.92 Å². The van der Waals surface area contributed by atoms with Crippen molar-refractivity contribution in [2.45, 2.75) is 18.6 Å². The molecule has 0 unspecified atom stereocenters. The molecule has 1 aromatic carbocycles. The van der Waals surface area contributed by atoms with Crippen LogP contribution in [0.25, 0.3) is 0 Å². The summed E-state index contributed by atoms with van der Waals surface area (Å²) >= 11 is 5.60. The van der Waals surface area contributed by atoms with Crippen molar-refractivity contribution in [3.05, 3.63) is 28.8 Å². The molecule has 3 rings (SSSR count). The van der Waals surface area contributed by atoms with E-state index in [4.69, 9.17) is 21.1 Å². The molecular formula is C18H23ClF3N3O3. The SMILES string of the molecule is O=C(NC[C@@H]([C@@H]1CCOC1)N1CCOCC1)Nc1ccc(Cl)c(C(F)(F)F)c1. The molecule has 2 heterocycles. The summed E-state index contributed by atoms with van der Waals surface area (Å²) in [6, 6.07) is 2.81. The Balaban J connectivity index is 1.60. The van der Waals surface area contributed by atoms with Crippen LogP contribution in [-0.2, 0) is 15.7 Å². The molecule has 2 aliphatic rings. The summed E-state index contributed by atoms with van der Waals surface area (Å²) < 4.78 is 49.7. The predicted molar refractivity (Wildman–Crippen MR) is 98.6 cm³/mol. The van der Waals surface area contributed by atoms with Crippen LogP contribution in [0, 0.1) is 5.92 Å². The Morgan fingerprint density at radius 1 is 1.25 bits per heavy atom. The summed E-state index contributed by atoms with van der Waals surface area (Å²) in [5.74, 6) is 0.297. The van der Waals surface area contributed by atoms with Crippen molar-refractivity contribution in [2.75, 3.05) is 51.4 Å². The lowest BCUT2D eigenvalue weighted by Gasteiger charge is -2.37. The molecular weight excluding hydrogens is 399 g/mol. The molecule has 0 saturated carbocycles. The fourth-order valence-electron chi connectivity index (χ4n) is 3.55. The minimum atomic E-state index is -4.59. The van der Waals surface area contributed by atoms with Gasteiger partial charge >= 0.3 is 12.2 Å². The van der Waals surface area contributed by atoms with Crippen LogP contribution in [0.5, 0.6) is 0 Å². The predicted octanol–water partition coefficient (Wildman–Crippen LogP) is 3.22. The summed E-state index contributed by atoms with van der Waals surface area (Å²) in [5, 5.41) is 4.81. The van der Waals surface area contributed by atoms with Crippen LogP contribution < -0.4 is 10.6 Å². The quantitative estimate of drug-likeness (QED) is 0.766. The molecule has 2 amide bonds. The maximum atomic E-state index is 13.0. The van der Waals surface area contributed by atoms with Crippen LogP contribution in [0.15, 0.2) is 18.2 Å². The van der Waals surface area contributed by atoms with E-state index < -0.39 is 22.8 Å². The lowest BCUT2D eigenvalue weighted by atomic mass is 9.97. The summed E-state index contributed by atoms with van der Waals surface area (Å²) in [6.45, 7) is 4.54. The molecule has 0 radical (unpaired) electrons. The highest BCUT2D eigenvalue weighted by molar-refractivity contribution is 6.31. The zero-order valence-electron chi connectivity index (χ0n) is 15.2. The topological polar surface area (TPSA) is 62.8 Å². The minimum Gasteiger partial charge on any atom is -0.381 e. The summed E-state index contributed by atoms with van der Waals surface area (Å²) in [7, 11) is 0. The Labute approximate surface area is 166 Å². The van der Waals surface area contributed by atoms with Crippen LogP contribution >= 0.6 is 11.6 Å². The minimum absolute atomic E-state index is 0.0290. The number of rotatable bonds is 5. The number of alkyl halides is 3. The second-order valence-electron chi connectivity index (χ2n) is 6.87. The Morgan fingerprint density at radius 2 is 2.00 bits per heavy atom. The number of benzene rings is 1. The second-order valence-corrected chi connectivity index (χ2v) is 7.27. The third kappa shape index (κ3) is 5.50. The number of carbonyl (C=O) groups excluding carboxylic acids is 1. The number of nitrogens with one attached hydrogen (secondary N) is 2. The van der Waals surface area contributed by atoms with E-state index >= 15 is 0 Å². The van der Waals surface area contributed by atoms with Gasteiger partial charge in [-0.05, 0) is 24.6 Å². The molecule has 156 valence electrons. The molecule has 0 aliphatic carbocycles. The Morgan fingerprint density at radius 3 is 2.64 bits per heavy atom. The fourth-order valence-corrected chi connectivity index (χ4v) is 3.78. The molecule has 0 aromatic heterocycles. The van der Waals surface area contributed by atoms with Crippen molar-refractivity contribution in [1.82, 2.24) is 10.2 Å². The number of morpholine rings is 1. The summed E-state index contributed by atoms with van der Waals surface area (Å²) in [6.07, 6.45) is -3.67. The summed E-state index contributed by atoms with van der Waals surface area (Å²) in [4.78, 5) is 14.5. The smallest absolute Gasteiger partial charge is 0.381 e. The average Bonchev–Trinajstić information content (AvgIpc) is 3.18. The van der Waals surface area contributed by atoms with Crippen LogP contribution in [0.3, 0.4) is 0 Å². The molecule has 2 saturated heterocycles. The van der Waals surface area contributed by atoms with E-state index in [0.29, 0.717) is 38.9 Å². The molecule has 2 atom stereocenters. The summed E-state index contributed by atoms with van der Waals surface area (Å²) in [5.41, 5.74) is -0.956. The number of urea groups is 1. The van der Waals surface area contributed by atoms with Crippen LogP contribution in [0.4, 0.5) is 23.7 Å². The number of carbonyl (C=O) groups is 1. The standard InChI is InChI=1S/C18H23ClF3N3O3/c19-15-2-1-13(9-14(15)18(20,21)22)24-17(26)23-10-16(12-3-6-28-11-12)25-4-7-27-8-5-25/h1-2,9,12,16H,3-8,10-11H2,(H2,23,24,26)/t12-,16+/m1/s1. The van der Waals surface area contributed by atoms with Gasteiger partial charge in [0, 0.05) is 43.9 Å². The van der Waals surface area contributed by atoms with Gasteiger partial charge in [-0.3, -0.25) is 4.90 Å². The van der Waals surface area contributed by atoms with Gasteiger partial charge in [-0.25, -0.2) is 4.79 Å². The fraction of sp³-hybridized carbons (Fsp3) is 0.611. The zero-order valence-corrected chi connectivity index (χ0v) is 16.0. The lowest BCUT2D eigenvalue weighted by molar-refractivity contribution is -0.137. The Hall–Kier alpha value is -1.55. The first-order valence-electron chi connectivity index (χ1n) is 9.16. The van der Waals surface area contributed by atoms with Gasteiger partial charge in [-0.1, -0.05) is 11.6 Å². The van der Waals surface area contributed by atoms with Crippen molar-refractivity contribution in [3.63, 3.8) is 0 Å². The normalized spacial score (nSPS) is 22.1. The van der Waals surface area contributed by atoms with Crippen LogP contribution in [-0.4, -0.2) is 63.0 Å². The number of hydrogen-bond acceptors (Lipinski definition) is 4. The average molecular weight is 422 g/mol. The number of hydrogen-bond donors (Lipinski definition) is 2. The highest BCUT2D eigenvalue weighted by Gasteiger charge is 2.34. The molecule has 10 heteroatoms. The van der Waals surface area contributed by atoms with Gasteiger partial charge in [0.25, 0.3) is 0 Å². The van der Waals surface area contributed by atoms with E-state index in [1.165, 1.54) is 6.07 Å². The van der Waals surface area contributed by atoms with Crippen molar-refractivity contribution in [3.8, 4) is 0 Å². The molecule has 6 nitrogen and oxygen atoms in total. The van der Waals surface area contributed by atoms with Gasteiger partial charge in [0.05, 0.1) is 30.4 Å². The van der Waals surface area contributed by atoms with Crippen LogP contribution in [0.1, 0.15) is 12.0 Å². The maximum Gasteiger partial charge on any atom is 0.417 e. The van der Waals surface area contributed by atoms with E-state index in [9.17, 15) is 18.0 Å². The number of amides is 2. The number of ether oxygens (including phenoxy) is 2. The third-order valence-corrected chi connectivity index (χ3v) is 5.35. The van der Waals surface area contributed by atoms with Gasteiger partial charge in [-0.15, -0.1) is 0 Å². The monoisotopic (exact) mass is 421 g/mol. The largest absolute Gasteiger partial charge is 0.417 e. The highest BCUT2D eigenvalue weighted by Crippen LogP contribution is 2.36. The third-order valence-electron chi connectivity index (χ3n) is 5.03.